The van der Waals surface area contributed by atoms with E-state index in [1.807, 2.05) is 72.8 Å². The van der Waals surface area contributed by atoms with Crippen molar-refractivity contribution in [2.45, 2.75) is 13.0 Å². The van der Waals surface area contributed by atoms with Crippen molar-refractivity contribution in [3.05, 3.63) is 96.1 Å². The van der Waals surface area contributed by atoms with Gasteiger partial charge >= 0.3 is 0 Å². The molecule has 3 heteroatoms. The predicted octanol–water partition coefficient (Wildman–Crippen LogP) is 5.54. The van der Waals surface area contributed by atoms with E-state index in [2.05, 4.69) is 0 Å². The summed E-state index contributed by atoms with van der Waals surface area (Å²) in [5.41, 5.74) is 3.74. The molecule has 0 aliphatic heterocycles. The summed E-state index contributed by atoms with van der Waals surface area (Å²) < 4.78 is 5.41. The predicted molar refractivity (Wildman–Crippen MR) is 107 cm³/mol. The Kier molecular flexibility index (Phi) is 5.81. The number of carbonyl (C=O) groups is 1. The zero-order valence-electron chi connectivity index (χ0n) is 15.0. The fourth-order valence-corrected chi connectivity index (χ4v) is 2.61. The quantitative estimate of drug-likeness (QED) is 0.432. The smallest absolute Gasteiger partial charge is 0.185 e. The summed E-state index contributed by atoms with van der Waals surface area (Å²) in [5, 5.41) is 8.76. The number of hydrogen-bond donors (Lipinski definition) is 0. The van der Waals surface area contributed by atoms with Crippen molar-refractivity contribution in [2.75, 3.05) is 0 Å². The highest BCUT2D eigenvalue weighted by Gasteiger charge is 2.04. The van der Waals surface area contributed by atoms with Crippen molar-refractivity contribution < 1.29 is 9.53 Å². The highest BCUT2D eigenvalue weighted by molar-refractivity contribution is 6.07. The van der Waals surface area contributed by atoms with Gasteiger partial charge in [-0.25, -0.2) is 0 Å². The molecule has 0 aliphatic rings. The van der Waals surface area contributed by atoms with Crippen LogP contribution in [0.2, 0.25) is 0 Å². The average molecular weight is 353 g/mol. The van der Waals surface area contributed by atoms with Gasteiger partial charge in [-0.15, -0.1) is 0 Å². The fourth-order valence-electron chi connectivity index (χ4n) is 2.61. The molecule has 0 aliphatic carbocycles. The third-order valence-corrected chi connectivity index (χ3v) is 4.08. The highest BCUT2D eigenvalue weighted by Crippen LogP contribution is 2.20. The van der Waals surface area contributed by atoms with Gasteiger partial charge < -0.3 is 4.74 Å². The van der Waals surface area contributed by atoms with Crippen molar-refractivity contribution in [3.8, 4) is 22.9 Å². The van der Waals surface area contributed by atoms with Gasteiger partial charge in [0, 0.05) is 5.56 Å². The molecule has 0 amide bonds. The number of hydrogen-bond acceptors (Lipinski definition) is 3. The van der Waals surface area contributed by atoms with Gasteiger partial charge in [0.25, 0.3) is 0 Å². The van der Waals surface area contributed by atoms with E-state index in [-0.39, 0.29) is 5.78 Å². The van der Waals surface area contributed by atoms with Crippen LogP contribution in [0.4, 0.5) is 0 Å². The monoisotopic (exact) mass is 353 g/mol. The molecule has 0 N–H and O–H groups in total. The molecule has 0 saturated heterocycles. The van der Waals surface area contributed by atoms with E-state index in [9.17, 15) is 4.79 Å². The Hall–Kier alpha value is -3.64. The molecular formula is C24H19NO2. The molecular weight excluding hydrogens is 334 g/mol. The Morgan fingerprint density at radius 1 is 0.926 bits per heavy atom. The number of rotatable bonds is 6. The molecule has 0 radical (unpaired) electrons. The van der Waals surface area contributed by atoms with E-state index in [1.54, 1.807) is 31.2 Å². The van der Waals surface area contributed by atoms with E-state index < -0.39 is 6.10 Å². The number of carbonyl (C=O) groups excluding carboxylic acids is 1. The Morgan fingerprint density at radius 3 is 2.19 bits per heavy atom. The van der Waals surface area contributed by atoms with E-state index in [0.717, 1.165) is 16.7 Å². The van der Waals surface area contributed by atoms with Crippen molar-refractivity contribution >= 4 is 11.9 Å². The first kappa shape index (κ1) is 18.2. The maximum atomic E-state index is 12.4. The molecule has 132 valence electrons. The Bertz CT molecular complexity index is 966. The zero-order valence-corrected chi connectivity index (χ0v) is 15.0. The topological polar surface area (TPSA) is 50.1 Å². The molecule has 1 atom stereocenters. The van der Waals surface area contributed by atoms with Gasteiger partial charge in [0.05, 0.1) is 0 Å². The molecule has 3 aromatic carbocycles. The molecule has 1 unspecified atom stereocenters. The first-order chi connectivity index (χ1) is 13.2. The van der Waals surface area contributed by atoms with Crippen molar-refractivity contribution in [1.82, 2.24) is 0 Å². The van der Waals surface area contributed by atoms with Crippen molar-refractivity contribution in [3.63, 3.8) is 0 Å². The zero-order chi connectivity index (χ0) is 19.1. The fraction of sp³-hybridized carbons (Fsp3) is 0.0833. The highest BCUT2D eigenvalue weighted by atomic mass is 16.5. The minimum absolute atomic E-state index is 0.0481. The normalized spacial score (nSPS) is 11.7. The van der Waals surface area contributed by atoms with E-state index in [0.29, 0.717) is 11.3 Å². The van der Waals surface area contributed by atoms with Crippen LogP contribution in [0.3, 0.4) is 0 Å². The SMILES string of the molecule is CC(C#N)Oc1ccc(/C=C/C(=O)c2ccc(-c3ccccc3)cc2)cc1. The summed E-state index contributed by atoms with van der Waals surface area (Å²) in [6.07, 6.45) is 2.84. The van der Waals surface area contributed by atoms with Crippen LogP contribution in [-0.2, 0) is 0 Å². The number of allylic oxidation sites excluding steroid dienone is 1. The standard InChI is InChI=1S/C24H19NO2/c1-18(17-25)27-23-14-7-19(8-15-23)9-16-24(26)22-12-10-21(11-13-22)20-5-3-2-4-6-20/h2-16,18H,1H3/b16-9+. The first-order valence-corrected chi connectivity index (χ1v) is 8.70. The number of nitrogens with zero attached hydrogens (tertiary/aromatic N) is 1. The van der Waals surface area contributed by atoms with Gasteiger partial charge in [-0.05, 0) is 41.8 Å². The Labute approximate surface area is 159 Å². The summed E-state index contributed by atoms with van der Waals surface area (Å²) in [6, 6.07) is 26.9. The molecule has 27 heavy (non-hydrogen) atoms. The summed E-state index contributed by atoms with van der Waals surface area (Å²) in [6.45, 7) is 1.69. The molecule has 3 nitrogen and oxygen atoms in total. The van der Waals surface area contributed by atoms with Gasteiger partial charge in [0.1, 0.15) is 11.8 Å². The maximum absolute atomic E-state index is 12.4. The molecule has 0 spiro atoms. The third kappa shape index (κ3) is 4.93. The van der Waals surface area contributed by atoms with Gasteiger partial charge in [-0.1, -0.05) is 72.8 Å². The van der Waals surface area contributed by atoms with Crippen LogP contribution in [0.5, 0.6) is 5.75 Å². The van der Waals surface area contributed by atoms with Crippen LogP contribution in [-0.4, -0.2) is 11.9 Å². The minimum atomic E-state index is -0.494. The summed E-state index contributed by atoms with van der Waals surface area (Å²) >= 11 is 0. The van der Waals surface area contributed by atoms with Gasteiger partial charge in [0.2, 0.25) is 0 Å². The van der Waals surface area contributed by atoms with Crippen LogP contribution >= 0.6 is 0 Å². The lowest BCUT2D eigenvalue weighted by Gasteiger charge is -2.07. The number of nitriles is 1. The second kappa shape index (κ2) is 8.64. The summed E-state index contributed by atoms with van der Waals surface area (Å²) in [4.78, 5) is 12.4. The van der Waals surface area contributed by atoms with E-state index >= 15 is 0 Å². The van der Waals surface area contributed by atoms with Crippen molar-refractivity contribution in [2.24, 2.45) is 0 Å². The number of benzene rings is 3. The Morgan fingerprint density at radius 2 is 1.56 bits per heavy atom. The van der Waals surface area contributed by atoms with E-state index in [4.69, 9.17) is 10.00 Å². The number of ether oxygens (including phenoxy) is 1. The van der Waals surface area contributed by atoms with Crippen LogP contribution < -0.4 is 4.74 Å². The summed E-state index contributed by atoms with van der Waals surface area (Å²) in [5.74, 6) is 0.581. The minimum Gasteiger partial charge on any atom is -0.476 e. The van der Waals surface area contributed by atoms with E-state index in [1.165, 1.54) is 0 Å². The second-order valence-electron chi connectivity index (χ2n) is 6.10. The maximum Gasteiger partial charge on any atom is 0.185 e. The van der Waals surface area contributed by atoms with Gasteiger partial charge in [0.15, 0.2) is 11.9 Å². The van der Waals surface area contributed by atoms with Gasteiger partial charge in [-0.3, -0.25) is 4.79 Å². The molecule has 0 aromatic heterocycles. The van der Waals surface area contributed by atoms with Crippen LogP contribution in [0, 0.1) is 11.3 Å². The lowest BCUT2D eigenvalue weighted by atomic mass is 10.0. The van der Waals surface area contributed by atoms with Crippen molar-refractivity contribution in [1.29, 1.82) is 5.26 Å². The molecule has 3 rings (SSSR count). The first-order valence-electron chi connectivity index (χ1n) is 8.70. The van der Waals surface area contributed by atoms with Crippen LogP contribution in [0.1, 0.15) is 22.8 Å². The van der Waals surface area contributed by atoms with Crippen LogP contribution in [0.15, 0.2) is 84.9 Å². The largest absolute Gasteiger partial charge is 0.476 e. The summed E-state index contributed by atoms with van der Waals surface area (Å²) in [7, 11) is 0. The molecule has 0 heterocycles. The molecule has 0 fully saturated rings. The number of ketones is 1. The molecule has 0 bridgehead atoms. The Balaban J connectivity index is 1.65. The average Bonchev–Trinajstić information content (AvgIpc) is 2.73. The third-order valence-electron chi connectivity index (χ3n) is 4.08. The molecule has 3 aromatic rings. The van der Waals surface area contributed by atoms with Gasteiger partial charge in [-0.2, -0.15) is 5.26 Å². The molecule has 0 saturated carbocycles. The van der Waals surface area contributed by atoms with Crippen LogP contribution in [0.25, 0.3) is 17.2 Å². The lowest BCUT2D eigenvalue weighted by molar-refractivity contribution is 0.104. The second-order valence-corrected chi connectivity index (χ2v) is 6.10. The lowest BCUT2D eigenvalue weighted by Crippen LogP contribution is -2.07.